The first-order chi connectivity index (χ1) is 15.6. The number of halogens is 2. The number of nitrogens with zero attached hydrogens (tertiary/aromatic N) is 3. The SMILES string of the molecule is C#C.C=CC.CC.CC1(C)C(=O)N(c2ccc(C#N)c(Cl)c2)C(=S)N1c1ccc(O)c(F)c1. The maximum Gasteiger partial charge on any atom is 0.259 e. The van der Waals surface area contributed by atoms with Gasteiger partial charge in [0.05, 0.1) is 16.3 Å². The molecular weight excluding hydrogens is 461 g/mol. The average Bonchev–Trinajstić information content (AvgIpc) is 2.97. The van der Waals surface area contributed by atoms with Crippen molar-refractivity contribution < 1.29 is 14.3 Å². The zero-order valence-corrected chi connectivity index (χ0v) is 20.8. The van der Waals surface area contributed by atoms with E-state index in [1.165, 1.54) is 34.1 Å². The lowest BCUT2D eigenvalue weighted by atomic mass is 10.0. The molecule has 0 bridgehead atoms. The number of benzene rings is 2. The van der Waals surface area contributed by atoms with Crippen molar-refractivity contribution in [3.05, 3.63) is 65.5 Å². The van der Waals surface area contributed by atoms with E-state index >= 15 is 0 Å². The molecule has 1 aliphatic heterocycles. The lowest BCUT2D eigenvalue weighted by molar-refractivity contribution is -0.120. The Bertz CT molecular complexity index is 1080. The zero-order chi connectivity index (χ0) is 25.9. The lowest BCUT2D eigenvalue weighted by Crippen LogP contribution is -2.44. The standard InChI is InChI=1S/C18H13ClFN3O2S.C3H6.C2H6.C2H2/c1-18(2)16(25)22(11-4-3-10(9-21)13(19)7-11)17(26)23(18)12-5-6-15(24)14(20)8-12;1-3-2;2*1-2/h3-8,24H,1-2H3;3H,1H2,2H3;1-2H3;1-2H. The number of terminal acetylenes is 1. The van der Waals surface area contributed by atoms with Gasteiger partial charge in [0.15, 0.2) is 16.7 Å². The van der Waals surface area contributed by atoms with Gasteiger partial charge in [0, 0.05) is 11.8 Å². The van der Waals surface area contributed by atoms with Gasteiger partial charge in [0.1, 0.15) is 11.6 Å². The van der Waals surface area contributed by atoms with Crippen molar-refractivity contribution in [2.24, 2.45) is 0 Å². The molecule has 0 atom stereocenters. The molecule has 1 amide bonds. The lowest BCUT2D eigenvalue weighted by Gasteiger charge is -2.29. The highest BCUT2D eigenvalue weighted by Gasteiger charge is 2.50. The molecule has 0 unspecified atom stereocenters. The minimum Gasteiger partial charge on any atom is -0.505 e. The average molecular weight is 488 g/mol. The summed E-state index contributed by atoms with van der Waals surface area (Å²) in [6.45, 7) is 12.6. The summed E-state index contributed by atoms with van der Waals surface area (Å²) >= 11 is 11.5. The van der Waals surface area contributed by atoms with Crippen LogP contribution in [-0.4, -0.2) is 21.7 Å². The number of phenolic OH excluding ortho intramolecular Hbond substituents is 1. The summed E-state index contributed by atoms with van der Waals surface area (Å²) in [4.78, 5) is 15.8. The summed E-state index contributed by atoms with van der Waals surface area (Å²) in [5.41, 5.74) is -0.0460. The molecular formula is C25H27ClFN3O2S. The number of carbonyl (C=O) groups excluding carboxylic acids is 1. The molecule has 1 N–H and O–H groups in total. The Morgan fingerprint density at radius 3 is 2.18 bits per heavy atom. The number of aromatic hydroxyl groups is 1. The highest BCUT2D eigenvalue weighted by atomic mass is 35.5. The van der Waals surface area contributed by atoms with E-state index in [-0.39, 0.29) is 21.6 Å². The van der Waals surface area contributed by atoms with Crippen LogP contribution < -0.4 is 9.80 Å². The number of allylic oxidation sites excluding steroid dienone is 1. The molecule has 1 aliphatic rings. The van der Waals surface area contributed by atoms with Crippen LogP contribution in [0.3, 0.4) is 0 Å². The van der Waals surface area contributed by atoms with Crippen LogP contribution in [0.1, 0.15) is 40.2 Å². The van der Waals surface area contributed by atoms with Crippen LogP contribution in [0.5, 0.6) is 5.75 Å². The number of thiocarbonyl (C=S) groups is 1. The van der Waals surface area contributed by atoms with Crippen molar-refractivity contribution in [3.63, 3.8) is 0 Å². The molecule has 1 fully saturated rings. The van der Waals surface area contributed by atoms with E-state index in [1.54, 1.807) is 26.0 Å². The summed E-state index contributed by atoms with van der Waals surface area (Å²) in [6.07, 6.45) is 9.75. The maximum absolute atomic E-state index is 13.8. The number of anilines is 2. The van der Waals surface area contributed by atoms with E-state index in [0.29, 0.717) is 11.4 Å². The molecule has 2 aromatic rings. The molecule has 1 heterocycles. The molecule has 3 rings (SSSR count). The van der Waals surface area contributed by atoms with Crippen molar-refractivity contribution >= 4 is 46.2 Å². The van der Waals surface area contributed by atoms with Gasteiger partial charge in [0.2, 0.25) is 0 Å². The molecule has 2 aromatic carbocycles. The van der Waals surface area contributed by atoms with Crippen molar-refractivity contribution in [2.45, 2.75) is 40.2 Å². The summed E-state index contributed by atoms with van der Waals surface area (Å²) in [5, 5.41) is 18.7. The van der Waals surface area contributed by atoms with Gasteiger partial charge in [-0.15, -0.1) is 19.4 Å². The van der Waals surface area contributed by atoms with E-state index in [4.69, 9.17) is 29.1 Å². The fraction of sp³-hybridized carbons (Fsp3) is 0.240. The Morgan fingerprint density at radius 2 is 1.73 bits per heavy atom. The summed E-state index contributed by atoms with van der Waals surface area (Å²) < 4.78 is 13.8. The molecule has 0 saturated carbocycles. The Kier molecular flexibility index (Phi) is 11.9. The van der Waals surface area contributed by atoms with Crippen LogP contribution in [0.15, 0.2) is 49.1 Å². The fourth-order valence-corrected chi connectivity index (χ4v) is 3.56. The predicted octanol–water partition coefficient (Wildman–Crippen LogP) is 6.44. The number of carbonyl (C=O) groups is 1. The largest absolute Gasteiger partial charge is 0.505 e. The van der Waals surface area contributed by atoms with Gasteiger partial charge < -0.3 is 10.0 Å². The van der Waals surface area contributed by atoms with Crippen LogP contribution in [0.2, 0.25) is 5.02 Å². The van der Waals surface area contributed by atoms with E-state index in [1.807, 2.05) is 26.8 Å². The van der Waals surface area contributed by atoms with Crippen LogP contribution in [0.25, 0.3) is 0 Å². The number of hydrogen-bond acceptors (Lipinski definition) is 4. The number of amides is 1. The number of rotatable bonds is 2. The van der Waals surface area contributed by atoms with Crippen molar-refractivity contribution in [1.29, 1.82) is 5.26 Å². The highest BCUT2D eigenvalue weighted by Crippen LogP contribution is 2.38. The van der Waals surface area contributed by atoms with Gasteiger partial charge in [-0.2, -0.15) is 5.26 Å². The first kappa shape index (κ1) is 29.6. The molecule has 0 radical (unpaired) electrons. The topological polar surface area (TPSA) is 67.6 Å². The molecule has 0 aromatic heterocycles. The maximum atomic E-state index is 13.8. The monoisotopic (exact) mass is 487 g/mol. The highest BCUT2D eigenvalue weighted by molar-refractivity contribution is 7.81. The van der Waals surface area contributed by atoms with Gasteiger partial charge in [-0.05, 0) is 63.3 Å². The molecule has 5 nitrogen and oxygen atoms in total. The third kappa shape index (κ3) is 6.32. The van der Waals surface area contributed by atoms with Gasteiger partial charge in [-0.25, -0.2) is 4.39 Å². The summed E-state index contributed by atoms with van der Waals surface area (Å²) in [5.74, 6) is -1.62. The molecule has 174 valence electrons. The van der Waals surface area contributed by atoms with Crippen LogP contribution in [0.4, 0.5) is 15.8 Å². The summed E-state index contributed by atoms with van der Waals surface area (Å²) in [7, 11) is 0. The fourth-order valence-electron chi connectivity index (χ4n) is 2.82. The molecule has 0 aliphatic carbocycles. The Hall–Kier alpha value is -3.39. The number of phenols is 1. The van der Waals surface area contributed by atoms with E-state index in [2.05, 4.69) is 19.4 Å². The van der Waals surface area contributed by atoms with Gasteiger partial charge >= 0.3 is 0 Å². The van der Waals surface area contributed by atoms with Crippen LogP contribution in [-0.2, 0) is 4.79 Å². The normalized spacial score (nSPS) is 13.3. The van der Waals surface area contributed by atoms with Crippen molar-refractivity contribution in [1.82, 2.24) is 0 Å². The molecule has 33 heavy (non-hydrogen) atoms. The van der Waals surface area contributed by atoms with E-state index in [9.17, 15) is 14.3 Å². The second-order valence-corrected chi connectivity index (χ2v) is 7.41. The van der Waals surface area contributed by atoms with E-state index < -0.39 is 17.1 Å². The molecule has 0 spiro atoms. The first-order valence-corrected chi connectivity index (χ1v) is 10.7. The predicted molar refractivity (Wildman–Crippen MR) is 138 cm³/mol. The van der Waals surface area contributed by atoms with Gasteiger partial charge in [0.25, 0.3) is 5.91 Å². The van der Waals surface area contributed by atoms with E-state index in [0.717, 1.165) is 6.07 Å². The second kappa shape index (κ2) is 13.2. The van der Waals surface area contributed by atoms with Crippen LogP contribution >= 0.6 is 23.8 Å². The van der Waals surface area contributed by atoms with Crippen molar-refractivity contribution in [3.8, 4) is 24.7 Å². The van der Waals surface area contributed by atoms with Crippen molar-refractivity contribution in [2.75, 3.05) is 9.80 Å². The second-order valence-electron chi connectivity index (χ2n) is 6.64. The van der Waals surface area contributed by atoms with Gasteiger partial charge in [-0.3, -0.25) is 9.69 Å². The third-order valence-electron chi connectivity index (χ3n) is 4.19. The number of nitriles is 1. The quantitative estimate of drug-likeness (QED) is 0.300. The minimum atomic E-state index is -1.08. The first-order valence-electron chi connectivity index (χ1n) is 9.87. The minimum absolute atomic E-state index is 0.144. The Labute approximate surface area is 205 Å². The smallest absolute Gasteiger partial charge is 0.259 e. The third-order valence-corrected chi connectivity index (χ3v) is 4.87. The Morgan fingerprint density at radius 1 is 1.21 bits per heavy atom. The van der Waals surface area contributed by atoms with Gasteiger partial charge in [-0.1, -0.05) is 31.5 Å². The zero-order valence-electron chi connectivity index (χ0n) is 19.3. The summed E-state index contributed by atoms with van der Waals surface area (Å²) in [6, 6.07) is 10.3. The molecule has 8 heteroatoms. The van der Waals surface area contributed by atoms with Crippen LogP contribution in [0, 0.1) is 30.0 Å². The number of hydrogen-bond donors (Lipinski definition) is 1. The molecule has 1 saturated heterocycles. The Balaban J connectivity index is 0.00000132.